The maximum atomic E-state index is 4.20. The molecule has 0 amide bonds. The summed E-state index contributed by atoms with van der Waals surface area (Å²) in [6.45, 7) is 0. The highest BCUT2D eigenvalue weighted by Crippen LogP contribution is 2.44. The van der Waals surface area contributed by atoms with E-state index in [1.165, 1.54) is 32.1 Å². The van der Waals surface area contributed by atoms with Gasteiger partial charge in [0.05, 0.1) is 6.33 Å². The molecule has 2 nitrogen and oxygen atoms in total. The Balaban J connectivity index is 1.77. The maximum absolute atomic E-state index is 4.20. The fourth-order valence-electron chi connectivity index (χ4n) is 3.88. The fourth-order valence-corrected chi connectivity index (χ4v) is 3.88. The first-order valence-corrected chi connectivity index (χ1v) is 7.00. The average molecular weight is 238 g/mol. The number of nitrogens with zero attached hydrogens (tertiary/aromatic N) is 2. The van der Waals surface area contributed by atoms with E-state index in [1.54, 1.807) is 16.7 Å². The van der Waals surface area contributed by atoms with Crippen molar-refractivity contribution in [2.45, 2.75) is 44.1 Å². The Morgan fingerprint density at radius 3 is 3.06 bits per heavy atom. The summed E-state index contributed by atoms with van der Waals surface area (Å²) in [6, 6.07) is 7.52. The zero-order chi connectivity index (χ0) is 11.9. The van der Waals surface area contributed by atoms with Gasteiger partial charge in [0.15, 0.2) is 0 Å². The van der Waals surface area contributed by atoms with Gasteiger partial charge in [0.1, 0.15) is 0 Å². The molecule has 0 bridgehead atoms. The van der Waals surface area contributed by atoms with Crippen molar-refractivity contribution in [1.29, 1.82) is 0 Å². The van der Waals surface area contributed by atoms with E-state index in [4.69, 9.17) is 0 Å². The molecule has 1 aromatic heterocycles. The SMILES string of the molecule is c1cc2c3c(c1)CC(n1ccnc1)CC3CCC2. The molecule has 2 unspecified atom stereocenters. The lowest BCUT2D eigenvalue weighted by atomic mass is 9.72. The first-order chi connectivity index (χ1) is 8.92. The molecular weight excluding hydrogens is 220 g/mol. The van der Waals surface area contributed by atoms with Gasteiger partial charge in [-0.3, -0.25) is 0 Å². The molecule has 0 spiro atoms. The second kappa shape index (κ2) is 3.98. The summed E-state index contributed by atoms with van der Waals surface area (Å²) < 4.78 is 2.30. The molecule has 2 heteroatoms. The topological polar surface area (TPSA) is 17.8 Å². The van der Waals surface area contributed by atoms with Crippen LogP contribution in [0.5, 0.6) is 0 Å². The maximum Gasteiger partial charge on any atom is 0.0948 e. The first-order valence-electron chi connectivity index (χ1n) is 7.00. The summed E-state index contributed by atoms with van der Waals surface area (Å²) in [4.78, 5) is 4.20. The Hall–Kier alpha value is -1.57. The Labute approximate surface area is 108 Å². The fraction of sp³-hybridized carbons (Fsp3) is 0.438. The molecule has 1 aromatic carbocycles. The minimum atomic E-state index is 0.610. The molecule has 92 valence electrons. The normalized spacial score (nSPS) is 25.8. The molecule has 0 N–H and O–H groups in total. The molecule has 0 aliphatic heterocycles. The number of imidazole rings is 1. The van der Waals surface area contributed by atoms with E-state index in [-0.39, 0.29) is 0 Å². The summed E-state index contributed by atoms with van der Waals surface area (Å²) in [5, 5.41) is 0. The second-order valence-corrected chi connectivity index (χ2v) is 5.68. The Bertz CT molecular complexity index is 556. The van der Waals surface area contributed by atoms with Gasteiger partial charge in [-0.1, -0.05) is 18.2 Å². The van der Waals surface area contributed by atoms with Gasteiger partial charge >= 0.3 is 0 Å². The summed E-state index contributed by atoms with van der Waals surface area (Å²) in [6.07, 6.45) is 12.5. The Morgan fingerprint density at radius 1 is 1.22 bits per heavy atom. The van der Waals surface area contributed by atoms with E-state index in [9.17, 15) is 0 Å². The average Bonchev–Trinajstić information content (AvgIpc) is 2.93. The largest absolute Gasteiger partial charge is 0.334 e. The lowest BCUT2D eigenvalue weighted by molar-refractivity contribution is 0.365. The van der Waals surface area contributed by atoms with E-state index in [2.05, 4.69) is 33.9 Å². The van der Waals surface area contributed by atoms with Gasteiger partial charge in [0, 0.05) is 18.4 Å². The van der Waals surface area contributed by atoms with Crippen LogP contribution in [-0.4, -0.2) is 9.55 Å². The molecular formula is C16H18N2. The van der Waals surface area contributed by atoms with Gasteiger partial charge in [-0.25, -0.2) is 4.98 Å². The van der Waals surface area contributed by atoms with Crippen LogP contribution in [0.1, 0.15) is 47.9 Å². The molecule has 2 atom stereocenters. The molecule has 4 rings (SSSR count). The van der Waals surface area contributed by atoms with Crippen LogP contribution in [0.25, 0.3) is 0 Å². The molecule has 0 radical (unpaired) electrons. The third-order valence-electron chi connectivity index (χ3n) is 4.65. The Kier molecular flexibility index (Phi) is 2.29. The number of hydrogen-bond donors (Lipinski definition) is 0. The summed E-state index contributed by atoms with van der Waals surface area (Å²) >= 11 is 0. The predicted octanol–water partition coefficient (Wildman–Crippen LogP) is 3.49. The quantitative estimate of drug-likeness (QED) is 0.743. The number of benzene rings is 1. The summed E-state index contributed by atoms with van der Waals surface area (Å²) in [5.74, 6) is 0.783. The van der Waals surface area contributed by atoms with Crippen molar-refractivity contribution in [2.75, 3.05) is 0 Å². The highest BCUT2D eigenvalue weighted by molar-refractivity contribution is 5.42. The zero-order valence-electron chi connectivity index (χ0n) is 10.5. The lowest BCUT2D eigenvalue weighted by Crippen LogP contribution is -2.24. The molecule has 0 saturated heterocycles. The molecule has 2 aliphatic carbocycles. The number of hydrogen-bond acceptors (Lipinski definition) is 1. The smallest absolute Gasteiger partial charge is 0.0948 e. The lowest BCUT2D eigenvalue weighted by Gasteiger charge is -2.36. The van der Waals surface area contributed by atoms with Crippen LogP contribution in [0.2, 0.25) is 0 Å². The molecule has 0 saturated carbocycles. The van der Waals surface area contributed by atoms with Crippen LogP contribution in [-0.2, 0) is 12.8 Å². The van der Waals surface area contributed by atoms with E-state index < -0.39 is 0 Å². The van der Waals surface area contributed by atoms with Crippen LogP contribution in [0.15, 0.2) is 36.9 Å². The molecule has 18 heavy (non-hydrogen) atoms. The van der Waals surface area contributed by atoms with Crippen molar-refractivity contribution in [3.8, 4) is 0 Å². The van der Waals surface area contributed by atoms with Gasteiger partial charge in [-0.05, 0) is 54.7 Å². The Morgan fingerprint density at radius 2 is 2.17 bits per heavy atom. The third-order valence-corrected chi connectivity index (χ3v) is 4.65. The number of aromatic nitrogens is 2. The van der Waals surface area contributed by atoms with Gasteiger partial charge < -0.3 is 4.57 Å². The van der Waals surface area contributed by atoms with Gasteiger partial charge in [-0.15, -0.1) is 0 Å². The standard InChI is InChI=1S/C16H18N2/c1-3-12-4-2-6-14-10-15(18-8-7-17-11-18)9-13(5-1)16(12)14/h1,3,5,7-8,11,14-15H,2,4,6,9-10H2. The van der Waals surface area contributed by atoms with Gasteiger partial charge in [0.25, 0.3) is 0 Å². The van der Waals surface area contributed by atoms with Gasteiger partial charge in [0.2, 0.25) is 0 Å². The van der Waals surface area contributed by atoms with Crippen molar-refractivity contribution < 1.29 is 0 Å². The van der Waals surface area contributed by atoms with Crippen LogP contribution in [0.4, 0.5) is 0 Å². The number of rotatable bonds is 1. The minimum absolute atomic E-state index is 0.610. The summed E-state index contributed by atoms with van der Waals surface area (Å²) in [7, 11) is 0. The van der Waals surface area contributed by atoms with Crippen molar-refractivity contribution in [3.05, 3.63) is 53.6 Å². The zero-order valence-corrected chi connectivity index (χ0v) is 10.5. The third kappa shape index (κ3) is 1.52. The molecule has 0 fully saturated rings. The number of aryl methyl sites for hydroxylation is 1. The van der Waals surface area contributed by atoms with E-state index >= 15 is 0 Å². The molecule has 1 heterocycles. The monoisotopic (exact) mass is 238 g/mol. The minimum Gasteiger partial charge on any atom is -0.334 e. The first kappa shape index (κ1) is 10.4. The summed E-state index contributed by atoms with van der Waals surface area (Å²) in [5.41, 5.74) is 4.90. The van der Waals surface area contributed by atoms with Crippen molar-refractivity contribution >= 4 is 0 Å². The van der Waals surface area contributed by atoms with Crippen LogP contribution in [0, 0.1) is 0 Å². The van der Waals surface area contributed by atoms with Crippen molar-refractivity contribution in [2.24, 2.45) is 0 Å². The molecule has 2 aliphatic rings. The van der Waals surface area contributed by atoms with E-state index in [0.717, 1.165) is 5.92 Å². The van der Waals surface area contributed by atoms with Crippen molar-refractivity contribution in [1.82, 2.24) is 9.55 Å². The van der Waals surface area contributed by atoms with Crippen LogP contribution in [0.3, 0.4) is 0 Å². The highest BCUT2D eigenvalue weighted by atomic mass is 15.0. The second-order valence-electron chi connectivity index (χ2n) is 5.68. The van der Waals surface area contributed by atoms with Crippen LogP contribution >= 0.6 is 0 Å². The molecule has 2 aromatic rings. The van der Waals surface area contributed by atoms with E-state index in [0.29, 0.717) is 6.04 Å². The van der Waals surface area contributed by atoms with Crippen LogP contribution < -0.4 is 0 Å². The van der Waals surface area contributed by atoms with E-state index in [1.807, 2.05) is 12.5 Å². The predicted molar refractivity (Wildman–Crippen MR) is 71.7 cm³/mol. The van der Waals surface area contributed by atoms with Gasteiger partial charge in [-0.2, -0.15) is 0 Å². The highest BCUT2D eigenvalue weighted by Gasteiger charge is 2.31. The van der Waals surface area contributed by atoms with Crippen molar-refractivity contribution in [3.63, 3.8) is 0 Å².